The van der Waals surface area contributed by atoms with Gasteiger partial charge in [-0.15, -0.1) is 0 Å². The summed E-state index contributed by atoms with van der Waals surface area (Å²) in [6.07, 6.45) is 5.83. The fraction of sp³-hybridized carbons (Fsp3) is 0. The molecule has 0 fully saturated rings. The van der Waals surface area contributed by atoms with Crippen molar-refractivity contribution in [3.8, 4) is 0 Å². The Morgan fingerprint density at radius 2 is 2.12 bits per heavy atom. The average Bonchev–Trinajstić information content (AvgIpc) is 2.32. The monoisotopic (exact) mass is 312 g/mol. The fourth-order valence-corrected chi connectivity index (χ4v) is 1.53. The molecule has 1 N–H and O–H groups in total. The number of amides is 1. The summed E-state index contributed by atoms with van der Waals surface area (Å²) in [4.78, 5) is 23.5. The minimum absolute atomic E-state index is 0.287. The van der Waals surface area contributed by atoms with Crippen molar-refractivity contribution >= 4 is 39.3 Å². The van der Waals surface area contributed by atoms with Crippen LogP contribution >= 0.6 is 27.5 Å². The lowest BCUT2D eigenvalue weighted by Crippen LogP contribution is -2.13. The van der Waals surface area contributed by atoms with E-state index in [-0.39, 0.29) is 10.9 Å². The number of carbonyl (C=O) groups is 1. The Balaban J connectivity index is 2.17. The number of halogens is 2. The highest BCUT2D eigenvalue weighted by molar-refractivity contribution is 9.10. The largest absolute Gasteiger partial charge is 0.305 e. The van der Waals surface area contributed by atoms with Crippen molar-refractivity contribution in [2.24, 2.45) is 0 Å². The van der Waals surface area contributed by atoms with Crippen molar-refractivity contribution in [2.45, 2.75) is 0 Å². The van der Waals surface area contributed by atoms with E-state index >= 15 is 0 Å². The Morgan fingerprint density at radius 3 is 2.76 bits per heavy atom. The maximum Gasteiger partial charge on any atom is 0.258 e. The lowest BCUT2D eigenvalue weighted by Gasteiger charge is -2.04. The van der Waals surface area contributed by atoms with Crippen LogP contribution in [-0.4, -0.2) is 20.9 Å². The Hall–Kier alpha value is -1.53. The van der Waals surface area contributed by atoms with Gasteiger partial charge in [0.15, 0.2) is 5.82 Å². The number of hydrogen-bond donors (Lipinski definition) is 1. The predicted molar refractivity (Wildman–Crippen MR) is 66.9 cm³/mol. The zero-order valence-electron chi connectivity index (χ0n) is 8.39. The van der Waals surface area contributed by atoms with E-state index in [1.165, 1.54) is 30.9 Å². The molecule has 5 nitrogen and oxygen atoms in total. The molecule has 0 aromatic carbocycles. The van der Waals surface area contributed by atoms with Gasteiger partial charge in [-0.25, -0.2) is 9.97 Å². The van der Waals surface area contributed by atoms with Crippen molar-refractivity contribution in [3.05, 3.63) is 46.0 Å². The SMILES string of the molecule is O=C(Nc1cnc(Br)cn1)c1ccncc1Cl. The Bertz CT molecular complexity index is 546. The van der Waals surface area contributed by atoms with Crippen LogP contribution in [0.15, 0.2) is 35.5 Å². The van der Waals surface area contributed by atoms with Crippen LogP contribution in [-0.2, 0) is 0 Å². The van der Waals surface area contributed by atoms with Crippen molar-refractivity contribution in [2.75, 3.05) is 5.32 Å². The number of nitrogens with one attached hydrogen (secondary N) is 1. The van der Waals surface area contributed by atoms with E-state index in [1.807, 2.05) is 0 Å². The minimum atomic E-state index is -0.353. The van der Waals surface area contributed by atoms with E-state index in [9.17, 15) is 4.79 Å². The molecule has 86 valence electrons. The molecule has 0 aliphatic rings. The third kappa shape index (κ3) is 2.98. The molecular weight excluding hydrogens is 307 g/mol. The zero-order chi connectivity index (χ0) is 12.3. The number of nitrogens with zero attached hydrogens (tertiary/aromatic N) is 3. The summed E-state index contributed by atoms with van der Waals surface area (Å²) >= 11 is 9.00. The maximum absolute atomic E-state index is 11.8. The van der Waals surface area contributed by atoms with Crippen LogP contribution in [0.3, 0.4) is 0 Å². The number of hydrogen-bond acceptors (Lipinski definition) is 4. The van der Waals surface area contributed by atoms with Crippen LogP contribution in [0.5, 0.6) is 0 Å². The molecule has 0 bridgehead atoms. The highest BCUT2D eigenvalue weighted by atomic mass is 79.9. The number of aromatic nitrogens is 3. The summed E-state index contributed by atoms with van der Waals surface area (Å²) in [5.41, 5.74) is 0.339. The quantitative estimate of drug-likeness (QED) is 0.925. The van der Waals surface area contributed by atoms with Gasteiger partial charge in [-0.1, -0.05) is 11.6 Å². The molecule has 2 aromatic heterocycles. The molecule has 7 heteroatoms. The van der Waals surface area contributed by atoms with Gasteiger partial charge in [0.1, 0.15) is 4.60 Å². The van der Waals surface area contributed by atoms with E-state index < -0.39 is 0 Å². The Morgan fingerprint density at radius 1 is 1.29 bits per heavy atom. The average molecular weight is 314 g/mol. The van der Waals surface area contributed by atoms with Crippen LogP contribution in [0.4, 0.5) is 5.82 Å². The normalized spacial score (nSPS) is 10.0. The van der Waals surface area contributed by atoms with Crippen molar-refractivity contribution < 1.29 is 4.79 Å². The van der Waals surface area contributed by atoms with Gasteiger partial charge < -0.3 is 5.32 Å². The lowest BCUT2D eigenvalue weighted by molar-refractivity contribution is 0.102. The Kier molecular flexibility index (Phi) is 3.65. The number of anilines is 1. The molecule has 0 saturated heterocycles. The minimum Gasteiger partial charge on any atom is -0.305 e. The van der Waals surface area contributed by atoms with Gasteiger partial charge in [-0.05, 0) is 22.0 Å². The lowest BCUT2D eigenvalue weighted by atomic mass is 10.2. The molecule has 0 aliphatic heterocycles. The summed E-state index contributed by atoms with van der Waals surface area (Å²) in [7, 11) is 0. The van der Waals surface area contributed by atoms with Gasteiger partial charge in [0.05, 0.1) is 23.0 Å². The van der Waals surface area contributed by atoms with Gasteiger partial charge in [0.2, 0.25) is 0 Å². The summed E-state index contributed by atoms with van der Waals surface area (Å²) < 4.78 is 0.595. The Labute approximate surface area is 110 Å². The molecule has 0 spiro atoms. The second-order valence-electron chi connectivity index (χ2n) is 3.03. The molecule has 2 rings (SSSR count). The molecule has 0 aliphatic carbocycles. The zero-order valence-corrected chi connectivity index (χ0v) is 10.7. The third-order valence-corrected chi connectivity index (χ3v) is 2.59. The summed E-state index contributed by atoms with van der Waals surface area (Å²) in [5.74, 6) is 0.0000939. The molecular formula is C10H6BrClN4O. The summed E-state index contributed by atoms with van der Waals surface area (Å²) in [6, 6.07) is 1.53. The molecule has 0 atom stereocenters. The molecule has 0 unspecified atom stereocenters. The van der Waals surface area contributed by atoms with E-state index in [1.54, 1.807) is 0 Å². The molecule has 1 amide bonds. The first-order valence-corrected chi connectivity index (χ1v) is 5.72. The first-order valence-electron chi connectivity index (χ1n) is 4.55. The van der Waals surface area contributed by atoms with Crippen LogP contribution in [0.25, 0.3) is 0 Å². The molecule has 0 radical (unpaired) electrons. The second kappa shape index (κ2) is 5.20. The summed E-state index contributed by atoms with van der Waals surface area (Å²) in [5, 5.41) is 2.87. The second-order valence-corrected chi connectivity index (χ2v) is 4.25. The number of rotatable bonds is 2. The van der Waals surface area contributed by atoms with Gasteiger partial charge in [0.25, 0.3) is 5.91 Å². The van der Waals surface area contributed by atoms with E-state index in [4.69, 9.17) is 11.6 Å². The van der Waals surface area contributed by atoms with Crippen LogP contribution in [0, 0.1) is 0 Å². The fourth-order valence-electron chi connectivity index (χ4n) is 1.12. The maximum atomic E-state index is 11.8. The van der Waals surface area contributed by atoms with Gasteiger partial charge in [0, 0.05) is 12.4 Å². The first kappa shape index (κ1) is 11.9. The first-order chi connectivity index (χ1) is 8.16. The van der Waals surface area contributed by atoms with Crippen molar-refractivity contribution in [3.63, 3.8) is 0 Å². The van der Waals surface area contributed by atoms with Crippen molar-refractivity contribution in [1.29, 1.82) is 0 Å². The molecule has 2 heterocycles. The molecule has 17 heavy (non-hydrogen) atoms. The van der Waals surface area contributed by atoms with Crippen LogP contribution in [0.2, 0.25) is 5.02 Å². The summed E-state index contributed by atoms with van der Waals surface area (Å²) in [6.45, 7) is 0. The van der Waals surface area contributed by atoms with Crippen LogP contribution < -0.4 is 5.32 Å². The van der Waals surface area contributed by atoms with E-state index in [0.717, 1.165) is 0 Å². The predicted octanol–water partition coefficient (Wildman–Crippen LogP) is 2.54. The smallest absolute Gasteiger partial charge is 0.258 e. The van der Waals surface area contributed by atoms with Crippen LogP contribution in [0.1, 0.15) is 10.4 Å². The van der Waals surface area contributed by atoms with Gasteiger partial charge in [-0.3, -0.25) is 9.78 Å². The van der Waals surface area contributed by atoms with E-state index in [2.05, 4.69) is 36.2 Å². The highest BCUT2D eigenvalue weighted by Gasteiger charge is 2.10. The molecule has 0 saturated carbocycles. The van der Waals surface area contributed by atoms with E-state index in [0.29, 0.717) is 16.0 Å². The topological polar surface area (TPSA) is 67.8 Å². The highest BCUT2D eigenvalue weighted by Crippen LogP contribution is 2.15. The number of pyridine rings is 1. The van der Waals surface area contributed by atoms with Gasteiger partial charge >= 0.3 is 0 Å². The van der Waals surface area contributed by atoms with Gasteiger partial charge in [-0.2, -0.15) is 0 Å². The standard InChI is InChI=1S/C10H6BrClN4O/c11-8-4-15-9(5-14-8)16-10(17)6-1-2-13-3-7(6)12/h1-5H,(H,15,16,17). The number of carbonyl (C=O) groups excluding carboxylic acids is 1. The third-order valence-electron chi connectivity index (χ3n) is 1.88. The van der Waals surface area contributed by atoms with Crippen molar-refractivity contribution in [1.82, 2.24) is 15.0 Å². The molecule has 2 aromatic rings.